The molecule has 3 heteroatoms. The van der Waals surface area contributed by atoms with Crippen LogP contribution in [0, 0.1) is 5.92 Å². The molecule has 3 nitrogen and oxygen atoms in total. The maximum absolute atomic E-state index is 10.9. The van der Waals surface area contributed by atoms with Crippen molar-refractivity contribution in [3.8, 4) is 0 Å². The zero-order valence-electron chi connectivity index (χ0n) is 7.81. The summed E-state index contributed by atoms with van der Waals surface area (Å²) in [5.41, 5.74) is 0.932. The third kappa shape index (κ3) is 1.78. The van der Waals surface area contributed by atoms with E-state index >= 15 is 0 Å². The number of hydrogen-bond acceptors (Lipinski definition) is 2. The van der Waals surface area contributed by atoms with Crippen molar-refractivity contribution >= 4 is 5.91 Å². The highest BCUT2D eigenvalue weighted by Gasteiger charge is 2.19. The van der Waals surface area contributed by atoms with E-state index in [2.05, 4.69) is 19.2 Å². The van der Waals surface area contributed by atoms with Crippen LogP contribution in [0.5, 0.6) is 0 Å². The summed E-state index contributed by atoms with van der Waals surface area (Å²) in [6.45, 7) is 6.29. The van der Waals surface area contributed by atoms with E-state index in [4.69, 9.17) is 4.74 Å². The quantitative estimate of drug-likeness (QED) is 0.678. The molecule has 0 aliphatic carbocycles. The first-order valence-electron chi connectivity index (χ1n) is 4.30. The van der Waals surface area contributed by atoms with E-state index in [1.54, 1.807) is 0 Å². The summed E-state index contributed by atoms with van der Waals surface area (Å²) in [7, 11) is 0. The minimum absolute atomic E-state index is 0.0451. The summed E-state index contributed by atoms with van der Waals surface area (Å²) >= 11 is 0. The predicted octanol–water partition coefficient (Wildman–Crippen LogP) is 1.41. The lowest BCUT2D eigenvalue weighted by molar-refractivity contribution is -0.125. The van der Waals surface area contributed by atoms with E-state index in [1.807, 2.05) is 6.92 Å². The Kier molecular flexibility index (Phi) is 2.74. The summed E-state index contributed by atoms with van der Waals surface area (Å²) in [5, 5.41) is 2.81. The number of ether oxygens (including phenoxy) is 1. The lowest BCUT2D eigenvalue weighted by Crippen LogP contribution is -2.34. The van der Waals surface area contributed by atoms with Gasteiger partial charge in [-0.25, -0.2) is 0 Å². The standard InChI is InChI=1S/C9H15NO2/c1-4-7-9(6(2)3)12-5-8(11)10-7/h6H,4-5H2,1-3H3,(H,10,11). The van der Waals surface area contributed by atoms with Gasteiger partial charge in [0.1, 0.15) is 5.76 Å². The van der Waals surface area contributed by atoms with E-state index in [1.165, 1.54) is 0 Å². The largest absolute Gasteiger partial charge is 0.486 e. The number of carbonyl (C=O) groups is 1. The van der Waals surface area contributed by atoms with Crippen LogP contribution in [0.15, 0.2) is 11.5 Å². The predicted molar refractivity (Wildman–Crippen MR) is 46.2 cm³/mol. The molecule has 12 heavy (non-hydrogen) atoms. The Morgan fingerprint density at radius 3 is 2.75 bits per heavy atom. The molecule has 1 heterocycles. The molecule has 1 rings (SSSR count). The van der Waals surface area contributed by atoms with E-state index < -0.39 is 0 Å². The van der Waals surface area contributed by atoms with Gasteiger partial charge in [0, 0.05) is 5.92 Å². The number of allylic oxidation sites excluding steroid dienone is 2. The maximum Gasteiger partial charge on any atom is 0.262 e. The van der Waals surface area contributed by atoms with Gasteiger partial charge in [0.15, 0.2) is 6.61 Å². The minimum atomic E-state index is -0.0451. The van der Waals surface area contributed by atoms with Gasteiger partial charge in [-0.15, -0.1) is 0 Å². The number of hydrogen-bond donors (Lipinski definition) is 1. The second-order valence-electron chi connectivity index (χ2n) is 3.19. The lowest BCUT2D eigenvalue weighted by Gasteiger charge is -2.23. The topological polar surface area (TPSA) is 38.3 Å². The third-order valence-electron chi connectivity index (χ3n) is 1.82. The van der Waals surface area contributed by atoms with Crippen LogP contribution in [0.3, 0.4) is 0 Å². The zero-order chi connectivity index (χ0) is 9.14. The molecule has 0 saturated heterocycles. The molecule has 1 aliphatic rings. The van der Waals surface area contributed by atoms with Gasteiger partial charge < -0.3 is 10.1 Å². The number of rotatable bonds is 2. The molecule has 0 unspecified atom stereocenters. The molecule has 0 atom stereocenters. The van der Waals surface area contributed by atoms with Crippen molar-refractivity contribution in [1.82, 2.24) is 5.32 Å². The van der Waals surface area contributed by atoms with Gasteiger partial charge in [0.05, 0.1) is 5.70 Å². The van der Waals surface area contributed by atoms with Gasteiger partial charge in [-0.3, -0.25) is 4.79 Å². The molecule has 0 spiro atoms. The molecule has 0 saturated carbocycles. The summed E-state index contributed by atoms with van der Waals surface area (Å²) in [4.78, 5) is 10.9. The monoisotopic (exact) mass is 169 g/mol. The average Bonchev–Trinajstić information content (AvgIpc) is 2.03. The zero-order valence-corrected chi connectivity index (χ0v) is 7.81. The summed E-state index contributed by atoms with van der Waals surface area (Å²) in [5.74, 6) is 1.23. The Morgan fingerprint density at radius 2 is 2.25 bits per heavy atom. The van der Waals surface area contributed by atoms with Crippen molar-refractivity contribution in [1.29, 1.82) is 0 Å². The molecule has 0 bridgehead atoms. The Balaban J connectivity index is 2.83. The first kappa shape index (κ1) is 9.10. The molecule has 0 aromatic carbocycles. The fraction of sp³-hybridized carbons (Fsp3) is 0.667. The molecule has 1 aliphatic heterocycles. The van der Waals surface area contributed by atoms with E-state index in [-0.39, 0.29) is 12.5 Å². The first-order chi connectivity index (χ1) is 5.65. The van der Waals surface area contributed by atoms with Crippen molar-refractivity contribution in [2.75, 3.05) is 6.61 Å². The first-order valence-corrected chi connectivity index (χ1v) is 4.30. The van der Waals surface area contributed by atoms with Crippen LogP contribution in [0.4, 0.5) is 0 Å². The SMILES string of the molecule is CCC1=C(C(C)C)OCC(=O)N1. The number of nitrogens with one attached hydrogen (secondary N) is 1. The normalized spacial score (nSPS) is 17.8. The molecule has 1 N–H and O–H groups in total. The Labute approximate surface area is 72.8 Å². The highest BCUT2D eigenvalue weighted by atomic mass is 16.5. The van der Waals surface area contributed by atoms with Gasteiger partial charge in [-0.1, -0.05) is 20.8 Å². The van der Waals surface area contributed by atoms with Crippen LogP contribution < -0.4 is 5.32 Å². The number of carbonyl (C=O) groups excluding carboxylic acids is 1. The van der Waals surface area contributed by atoms with Crippen LogP contribution >= 0.6 is 0 Å². The fourth-order valence-electron chi connectivity index (χ4n) is 1.27. The maximum atomic E-state index is 10.9. The Hall–Kier alpha value is -0.990. The van der Waals surface area contributed by atoms with Crippen molar-refractivity contribution in [2.45, 2.75) is 27.2 Å². The van der Waals surface area contributed by atoms with Crippen molar-refractivity contribution in [3.05, 3.63) is 11.5 Å². The summed E-state index contributed by atoms with van der Waals surface area (Å²) < 4.78 is 5.32. The third-order valence-corrected chi connectivity index (χ3v) is 1.82. The van der Waals surface area contributed by atoms with Crippen molar-refractivity contribution in [2.24, 2.45) is 5.92 Å². The molecule has 68 valence electrons. The molecular formula is C9H15NO2. The van der Waals surface area contributed by atoms with Gasteiger partial charge in [0.25, 0.3) is 5.91 Å². The van der Waals surface area contributed by atoms with Crippen molar-refractivity contribution < 1.29 is 9.53 Å². The van der Waals surface area contributed by atoms with Crippen LogP contribution in [0.25, 0.3) is 0 Å². The second kappa shape index (κ2) is 3.61. The molecule has 1 amide bonds. The Bertz CT molecular complexity index is 219. The highest BCUT2D eigenvalue weighted by Crippen LogP contribution is 2.19. The Morgan fingerprint density at radius 1 is 1.58 bits per heavy atom. The van der Waals surface area contributed by atoms with E-state index in [0.29, 0.717) is 5.92 Å². The van der Waals surface area contributed by atoms with E-state index in [0.717, 1.165) is 17.9 Å². The minimum Gasteiger partial charge on any atom is -0.486 e. The van der Waals surface area contributed by atoms with Crippen LogP contribution in [-0.2, 0) is 9.53 Å². The highest BCUT2D eigenvalue weighted by molar-refractivity contribution is 5.80. The van der Waals surface area contributed by atoms with Gasteiger partial charge in [-0.05, 0) is 6.42 Å². The summed E-state index contributed by atoms with van der Waals surface area (Å²) in [6, 6.07) is 0. The van der Waals surface area contributed by atoms with Crippen LogP contribution in [0.2, 0.25) is 0 Å². The van der Waals surface area contributed by atoms with Crippen molar-refractivity contribution in [3.63, 3.8) is 0 Å². The molecule has 0 aromatic heterocycles. The van der Waals surface area contributed by atoms with Gasteiger partial charge in [0.2, 0.25) is 0 Å². The molecule has 0 radical (unpaired) electrons. The van der Waals surface area contributed by atoms with Crippen LogP contribution in [-0.4, -0.2) is 12.5 Å². The van der Waals surface area contributed by atoms with Gasteiger partial charge >= 0.3 is 0 Å². The molecule has 0 fully saturated rings. The summed E-state index contributed by atoms with van der Waals surface area (Å²) in [6.07, 6.45) is 0.819. The molecule has 0 aromatic rings. The number of amides is 1. The fourth-order valence-corrected chi connectivity index (χ4v) is 1.27. The van der Waals surface area contributed by atoms with Gasteiger partial charge in [-0.2, -0.15) is 0 Å². The molecular weight excluding hydrogens is 154 g/mol. The van der Waals surface area contributed by atoms with Crippen LogP contribution in [0.1, 0.15) is 27.2 Å². The lowest BCUT2D eigenvalue weighted by atomic mass is 10.1. The average molecular weight is 169 g/mol. The second-order valence-corrected chi connectivity index (χ2v) is 3.19. The van der Waals surface area contributed by atoms with E-state index in [9.17, 15) is 4.79 Å². The smallest absolute Gasteiger partial charge is 0.262 e.